The molecule has 0 radical (unpaired) electrons. The minimum atomic E-state index is -1.03. The summed E-state index contributed by atoms with van der Waals surface area (Å²) < 4.78 is 11.9. The van der Waals surface area contributed by atoms with Crippen LogP contribution in [-0.4, -0.2) is 23.9 Å². The van der Waals surface area contributed by atoms with Gasteiger partial charge in [-0.15, -0.1) is 0 Å². The molecule has 5 nitrogen and oxygen atoms in total. The van der Waals surface area contributed by atoms with Gasteiger partial charge in [0.15, 0.2) is 0 Å². The van der Waals surface area contributed by atoms with E-state index in [4.69, 9.17) is 9.47 Å². The van der Waals surface area contributed by atoms with Gasteiger partial charge in [-0.25, -0.2) is 4.79 Å². The fraction of sp³-hybridized carbons (Fsp3) is 0.435. The fourth-order valence-corrected chi connectivity index (χ4v) is 3.78. The molecule has 5 heteroatoms. The standard InChI is InChI=1S/C23H29NO4/c1-13(2)28-20-14(3)9-17(10-15(20)4)16-7-8-18-19(11-16)27-12-23(5,6)21(18)24-22(25)26/h7-11,13,21,24H,12H2,1-6H3,(H,25,26). The van der Waals surface area contributed by atoms with E-state index in [1.807, 2.05) is 45.9 Å². The molecule has 1 aliphatic heterocycles. The molecule has 28 heavy (non-hydrogen) atoms. The Morgan fingerprint density at radius 3 is 2.39 bits per heavy atom. The zero-order valence-corrected chi connectivity index (χ0v) is 17.4. The number of ether oxygens (including phenoxy) is 2. The lowest BCUT2D eigenvalue weighted by Gasteiger charge is -2.39. The van der Waals surface area contributed by atoms with E-state index in [-0.39, 0.29) is 17.6 Å². The minimum absolute atomic E-state index is 0.127. The molecule has 0 aromatic heterocycles. The average molecular weight is 383 g/mol. The highest BCUT2D eigenvalue weighted by Crippen LogP contribution is 2.44. The highest BCUT2D eigenvalue weighted by Gasteiger charge is 2.38. The summed E-state index contributed by atoms with van der Waals surface area (Å²) in [4.78, 5) is 11.3. The molecule has 0 saturated heterocycles. The van der Waals surface area contributed by atoms with Gasteiger partial charge in [-0.1, -0.05) is 26.0 Å². The van der Waals surface area contributed by atoms with Crippen LogP contribution in [0.15, 0.2) is 30.3 Å². The molecule has 1 aliphatic rings. The van der Waals surface area contributed by atoms with E-state index < -0.39 is 6.09 Å². The van der Waals surface area contributed by atoms with E-state index >= 15 is 0 Å². The zero-order valence-electron chi connectivity index (χ0n) is 17.4. The molecule has 0 saturated carbocycles. The summed E-state index contributed by atoms with van der Waals surface area (Å²) in [7, 11) is 0. The highest BCUT2D eigenvalue weighted by molar-refractivity contribution is 5.71. The maximum absolute atomic E-state index is 11.3. The molecule has 0 bridgehead atoms. The molecule has 0 aliphatic carbocycles. The Hall–Kier alpha value is -2.69. The van der Waals surface area contributed by atoms with Crippen LogP contribution in [0, 0.1) is 19.3 Å². The molecule has 0 fully saturated rings. The number of aryl methyl sites for hydroxylation is 2. The van der Waals surface area contributed by atoms with Crippen LogP contribution in [0.3, 0.4) is 0 Å². The SMILES string of the molecule is Cc1cc(-c2ccc3c(c2)OCC(C)(C)C3NC(=O)O)cc(C)c1OC(C)C. The second kappa shape index (κ2) is 7.38. The number of carbonyl (C=O) groups is 1. The van der Waals surface area contributed by atoms with Crippen LogP contribution in [0.4, 0.5) is 4.79 Å². The first-order valence-electron chi connectivity index (χ1n) is 9.63. The van der Waals surface area contributed by atoms with Crippen LogP contribution < -0.4 is 14.8 Å². The number of hydrogen-bond acceptors (Lipinski definition) is 3. The molecule has 2 aromatic rings. The molecule has 1 heterocycles. The van der Waals surface area contributed by atoms with E-state index in [1.54, 1.807) is 0 Å². The Kier molecular flexibility index (Phi) is 5.28. The number of carboxylic acid groups (broad SMARTS) is 1. The van der Waals surface area contributed by atoms with E-state index in [2.05, 4.69) is 31.3 Å². The normalized spacial score (nSPS) is 17.6. The van der Waals surface area contributed by atoms with Crippen molar-refractivity contribution in [3.8, 4) is 22.6 Å². The van der Waals surface area contributed by atoms with Crippen LogP contribution in [0.5, 0.6) is 11.5 Å². The van der Waals surface area contributed by atoms with Crippen molar-refractivity contribution in [2.45, 2.75) is 53.7 Å². The van der Waals surface area contributed by atoms with Crippen molar-refractivity contribution in [2.75, 3.05) is 6.61 Å². The van der Waals surface area contributed by atoms with Crippen molar-refractivity contribution in [3.05, 3.63) is 47.0 Å². The Morgan fingerprint density at radius 2 is 1.82 bits per heavy atom. The Balaban J connectivity index is 1.99. The summed E-state index contributed by atoms with van der Waals surface area (Å²) in [5.41, 5.74) is 4.86. The number of hydrogen-bond donors (Lipinski definition) is 2. The van der Waals surface area contributed by atoms with Crippen LogP contribution in [0.25, 0.3) is 11.1 Å². The van der Waals surface area contributed by atoms with Crippen molar-refractivity contribution in [1.29, 1.82) is 0 Å². The molecule has 1 unspecified atom stereocenters. The molecule has 0 spiro atoms. The third kappa shape index (κ3) is 3.93. The molecule has 1 amide bonds. The summed E-state index contributed by atoms with van der Waals surface area (Å²) in [6.45, 7) is 12.6. The fourth-order valence-electron chi connectivity index (χ4n) is 3.78. The average Bonchev–Trinajstić information content (AvgIpc) is 2.59. The van der Waals surface area contributed by atoms with Crippen LogP contribution in [-0.2, 0) is 0 Å². The van der Waals surface area contributed by atoms with Gasteiger partial charge in [0.2, 0.25) is 0 Å². The number of amides is 1. The predicted octanol–water partition coefficient (Wildman–Crippen LogP) is 5.48. The summed E-state index contributed by atoms with van der Waals surface area (Å²) in [5.74, 6) is 1.66. The quantitative estimate of drug-likeness (QED) is 0.733. The molecule has 1 atom stereocenters. The number of benzene rings is 2. The smallest absolute Gasteiger partial charge is 0.405 e. The second-order valence-corrected chi connectivity index (χ2v) is 8.52. The van der Waals surface area contributed by atoms with Gasteiger partial charge in [0.1, 0.15) is 11.5 Å². The maximum atomic E-state index is 11.3. The van der Waals surface area contributed by atoms with E-state index in [0.717, 1.165) is 39.3 Å². The van der Waals surface area contributed by atoms with Gasteiger partial charge in [0.05, 0.1) is 18.8 Å². The minimum Gasteiger partial charge on any atom is -0.493 e. The van der Waals surface area contributed by atoms with Gasteiger partial charge in [0, 0.05) is 11.0 Å². The highest BCUT2D eigenvalue weighted by atomic mass is 16.5. The lowest BCUT2D eigenvalue weighted by atomic mass is 9.78. The zero-order chi connectivity index (χ0) is 20.6. The Morgan fingerprint density at radius 1 is 1.18 bits per heavy atom. The van der Waals surface area contributed by atoms with Crippen molar-refractivity contribution < 1.29 is 19.4 Å². The topological polar surface area (TPSA) is 67.8 Å². The summed E-state index contributed by atoms with van der Waals surface area (Å²) in [5, 5.41) is 11.9. The van der Waals surface area contributed by atoms with Gasteiger partial charge in [0.25, 0.3) is 0 Å². The van der Waals surface area contributed by atoms with E-state index in [9.17, 15) is 9.90 Å². The summed E-state index contributed by atoms with van der Waals surface area (Å²) >= 11 is 0. The maximum Gasteiger partial charge on any atom is 0.405 e. The van der Waals surface area contributed by atoms with Gasteiger partial charge in [-0.05, 0) is 68.1 Å². The molecular formula is C23H29NO4. The molecule has 2 N–H and O–H groups in total. The molecule has 3 rings (SSSR count). The van der Waals surface area contributed by atoms with E-state index in [1.165, 1.54) is 0 Å². The summed E-state index contributed by atoms with van der Waals surface area (Å²) in [6.07, 6.45) is -0.899. The molecular weight excluding hydrogens is 354 g/mol. The van der Waals surface area contributed by atoms with Gasteiger partial charge in [-0.3, -0.25) is 0 Å². The molecule has 2 aromatic carbocycles. The van der Waals surface area contributed by atoms with Crippen LogP contribution in [0.2, 0.25) is 0 Å². The Bertz CT molecular complexity index is 878. The van der Waals surface area contributed by atoms with Gasteiger partial charge >= 0.3 is 6.09 Å². The first-order valence-corrected chi connectivity index (χ1v) is 9.63. The second-order valence-electron chi connectivity index (χ2n) is 8.52. The third-order valence-electron chi connectivity index (χ3n) is 5.12. The lowest BCUT2D eigenvalue weighted by Crippen LogP contribution is -2.43. The number of rotatable bonds is 4. The first-order chi connectivity index (χ1) is 13.1. The van der Waals surface area contributed by atoms with Gasteiger partial charge in [-0.2, -0.15) is 0 Å². The Labute approximate surface area is 166 Å². The predicted molar refractivity (Wildman–Crippen MR) is 110 cm³/mol. The van der Waals surface area contributed by atoms with Crippen molar-refractivity contribution >= 4 is 6.09 Å². The molecule has 150 valence electrons. The third-order valence-corrected chi connectivity index (χ3v) is 5.12. The van der Waals surface area contributed by atoms with Crippen molar-refractivity contribution in [3.63, 3.8) is 0 Å². The van der Waals surface area contributed by atoms with E-state index in [0.29, 0.717) is 6.61 Å². The lowest BCUT2D eigenvalue weighted by molar-refractivity contribution is 0.0996. The van der Waals surface area contributed by atoms with Crippen LogP contribution >= 0.6 is 0 Å². The largest absolute Gasteiger partial charge is 0.493 e. The number of nitrogens with one attached hydrogen (secondary N) is 1. The monoisotopic (exact) mass is 383 g/mol. The summed E-state index contributed by atoms with van der Waals surface area (Å²) in [6, 6.07) is 9.91. The number of fused-ring (bicyclic) bond motifs is 1. The first kappa shape index (κ1) is 20.1. The van der Waals surface area contributed by atoms with Crippen LogP contribution in [0.1, 0.15) is 50.4 Å². The van der Waals surface area contributed by atoms with Gasteiger partial charge < -0.3 is 19.9 Å². The van der Waals surface area contributed by atoms with Crippen molar-refractivity contribution in [2.24, 2.45) is 5.41 Å². The van der Waals surface area contributed by atoms with Crippen molar-refractivity contribution in [1.82, 2.24) is 5.32 Å².